The Morgan fingerprint density at radius 3 is 2.83 bits per heavy atom. The molecular weight excluding hydrogens is 152 g/mol. The van der Waals surface area contributed by atoms with Crippen LogP contribution in [0.1, 0.15) is 26.2 Å². The zero-order chi connectivity index (χ0) is 8.55. The van der Waals surface area contributed by atoms with Crippen molar-refractivity contribution in [2.45, 2.75) is 32.2 Å². The van der Waals surface area contributed by atoms with Gasteiger partial charge in [-0.2, -0.15) is 0 Å². The van der Waals surface area contributed by atoms with Gasteiger partial charge in [-0.25, -0.2) is 0 Å². The highest BCUT2D eigenvalue weighted by Gasteiger charge is 2.37. The molecule has 2 rings (SSSR count). The zero-order valence-electron chi connectivity index (χ0n) is 7.62. The van der Waals surface area contributed by atoms with Crippen LogP contribution in [0.4, 0.5) is 0 Å². The summed E-state index contributed by atoms with van der Waals surface area (Å²) in [6.07, 6.45) is 3.60. The molecule has 0 aromatic heterocycles. The van der Waals surface area contributed by atoms with E-state index >= 15 is 0 Å². The molecule has 12 heavy (non-hydrogen) atoms. The van der Waals surface area contributed by atoms with E-state index in [0.717, 1.165) is 19.6 Å². The summed E-state index contributed by atoms with van der Waals surface area (Å²) in [5.41, 5.74) is 0. The molecule has 0 unspecified atom stereocenters. The first-order chi connectivity index (χ1) is 5.81. The van der Waals surface area contributed by atoms with Gasteiger partial charge >= 0.3 is 0 Å². The summed E-state index contributed by atoms with van der Waals surface area (Å²) >= 11 is 0. The number of rotatable bonds is 3. The van der Waals surface area contributed by atoms with E-state index in [2.05, 4.69) is 11.8 Å². The van der Waals surface area contributed by atoms with Crippen molar-refractivity contribution >= 4 is 5.91 Å². The zero-order valence-corrected chi connectivity index (χ0v) is 7.62. The van der Waals surface area contributed by atoms with Crippen molar-refractivity contribution in [3.8, 4) is 0 Å². The predicted molar refractivity (Wildman–Crippen MR) is 46.6 cm³/mol. The van der Waals surface area contributed by atoms with Gasteiger partial charge < -0.3 is 4.90 Å². The third-order valence-electron chi connectivity index (χ3n) is 2.56. The van der Waals surface area contributed by atoms with E-state index in [0.29, 0.717) is 18.5 Å². The Morgan fingerprint density at radius 1 is 1.50 bits per heavy atom. The largest absolute Gasteiger partial charge is 0.326 e. The van der Waals surface area contributed by atoms with Crippen molar-refractivity contribution in [3.63, 3.8) is 0 Å². The highest BCUT2D eigenvalue weighted by molar-refractivity contribution is 5.80. The number of carbonyl (C=O) groups excluding carboxylic acids is 1. The van der Waals surface area contributed by atoms with Crippen LogP contribution < -0.4 is 0 Å². The molecule has 3 heteroatoms. The van der Waals surface area contributed by atoms with Crippen molar-refractivity contribution in [3.05, 3.63) is 0 Å². The van der Waals surface area contributed by atoms with Crippen LogP contribution in [0.2, 0.25) is 0 Å². The maximum Gasteiger partial charge on any atom is 0.238 e. The molecule has 1 amide bonds. The fourth-order valence-electron chi connectivity index (χ4n) is 1.80. The molecule has 0 aromatic carbocycles. The van der Waals surface area contributed by atoms with Crippen LogP contribution in [0.5, 0.6) is 0 Å². The second-order valence-electron chi connectivity index (χ2n) is 3.79. The Bertz CT molecular complexity index is 189. The van der Waals surface area contributed by atoms with Gasteiger partial charge in [-0.05, 0) is 19.3 Å². The van der Waals surface area contributed by atoms with E-state index in [9.17, 15) is 4.79 Å². The molecule has 0 aromatic rings. The van der Waals surface area contributed by atoms with Gasteiger partial charge in [0.15, 0.2) is 0 Å². The van der Waals surface area contributed by atoms with Gasteiger partial charge in [-0.3, -0.25) is 9.69 Å². The lowest BCUT2D eigenvalue weighted by atomic mass is 10.4. The topological polar surface area (TPSA) is 23.6 Å². The molecule has 3 nitrogen and oxygen atoms in total. The van der Waals surface area contributed by atoms with Crippen molar-refractivity contribution in [2.24, 2.45) is 0 Å². The van der Waals surface area contributed by atoms with Crippen molar-refractivity contribution < 1.29 is 4.79 Å². The first kappa shape index (κ1) is 8.05. The number of carbonyl (C=O) groups is 1. The highest BCUT2D eigenvalue weighted by atomic mass is 16.2. The van der Waals surface area contributed by atoms with Gasteiger partial charge in [0, 0.05) is 12.6 Å². The Balaban J connectivity index is 1.88. The van der Waals surface area contributed by atoms with Gasteiger partial charge in [0.25, 0.3) is 0 Å². The lowest BCUT2D eigenvalue weighted by Crippen LogP contribution is -2.29. The maximum absolute atomic E-state index is 11.4. The molecule has 1 aliphatic heterocycles. The Hall–Kier alpha value is -0.570. The van der Waals surface area contributed by atoms with Gasteiger partial charge in [0.2, 0.25) is 5.91 Å². The summed E-state index contributed by atoms with van der Waals surface area (Å²) in [5, 5.41) is 0. The first-order valence-corrected chi connectivity index (χ1v) is 4.83. The van der Waals surface area contributed by atoms with E-state index in [-0.39, 0.29) is 0 Å². The fourth-order valence-corrected chi connectivity index (χ4v) is 1.80. The Morgan fingerprint density at radius 2 is 2.25 bits per heavy atom. The smallest absolute Gasteiger partial charge is 0.238 e. The van der Waals surface area contributed by atoms with Crippen LogP contribution >= 0.6 is 0 Å². The van der Waals surface area contributed by atoms with Crippen molar-refractivity contribution in [2.75, 3.05) is 19.8 Å². The van der Waals surface area contributed by atoms with Gasteiger partial charge in [-0.15, -0.1) is 0 Å². The molecule has 0 radical (unpaired) electrons. The molecule has 2 aliphatic rings. The van der Waals surface area contributed by atoms with E-state index in [4.69, 9.17) is 0 Å². The summed E-state index contributed by atoms with van der Waals surface area (Å²) in [6.45, 7) is 4.76. The van der Waals surface area contributed by atoms with Gasteiger partial charge in [-0.1, -0.05) is 6.92 Å². The molecule has 1 heterocycles. The molecule has 0 N–H and O–H groups in total. The Labute approximate surface area is 73.3 Å². The minimum absolute atomic E-state index is 0.339. The summed E-state index contributed by atoms with van der Waals surface area (Å²) in [5.74, 6) is 0.339. The van der Waals surface area contributed by atoms with E-state index in [1.165, 1.54) is 12.8 Å². The quantitative estimate of drug-likeness (QED) is 0.618. The Kier molecular flexibility index (Phi) is 2.05. The molecule has 1 saturated heterocycles. The fraction of sp³-hybridized carbons (Fsp3) is 0.889. The molecule has 0 spiro atoms. The van der Waals surface area contributed by atoms with Crippen LogP contribution in [0.3, 0.4) is 0 Å². The third-order valence-corrected chi connectivity index (χ3v) is 2.56. The maximum atomic E-state index is 11.4. The highest BCUT2D eigenvalue weighted by Crippen LogP contribution is 2.29. The van der Waals surface area contributed by atoms with E-state index < -0.39 is 0 Å². The number of amides is 1. The minimum atomic E-state index is 0.339. The van der Waals surface area contributed by atoms with E-state index in [1.54, 1.807) is 0 Å². The molecule has 0 atom stereocenters. The predicted octanol–water partition coefficient (Wildman–Crippen LogP) is 0.660. The summed E-state index contributed by atoms with van der Waals surface area (Å²) < 4.78 is 0. The van der Waals surface area contributed by atoms with Crippen molar-refractivity contribution in [1.29, 1.82) is 0 Å². The monoisotopic (exact) mass is 168 g/mol. The van der Waals surface area contributed by atoms with E-state index in [1.807, 2.05) is 4.90 Å². The lowest BCUT2D eigenvalue weighted by molar-refractivity contribution is -0.127. The average Bonchev–Trinajstić information content (AvgIpc) is 2.79. The second-order valence-corrected chi connectivity index (χ2v) is 3.79. The summed E-state index contributed by atoms with van der Waals surface area (Å²) in [6, 6.07) is 0.597. The average molecular weight is 168 g/mol. The number of hydrogen-bond donors (Lipinski definition) is 0. The van der Waals surface area contributed by atoms with Crippen LogP contribution in [0, 0.1) is 0 Å². The normalized spacial score (nSPS) is 25.4. The molecule has 68 valence electrons. The first-order valence-electron chi connectivity index (χ1n) is 4.83. The SMILES string of the molecule is CCCN1CC(=O)N(C2CC2)C1. The van der Waals surface area contributed by atoms with Crippen LogP contribution in [0.15, 0.2) is 0 Å². The summed E-state index contributed by atoms with van der Waals surface area (Å²) in [4.78, 5) is 15.7. The molecule has 1 saturated carbocycles. The van der Waals surface area contributed by atoms with Gasteiger partial charge in [0.05, 0.1) is 13.2 Å². The standard InChI is InChI=1S/C9H16N2O/c1-2-5-10-6-9(12)11(7-10)8-3-4-8/h8H,2-7H2,1H3. The molecule has 0 bridgehead atoms. The molecular formula is C9H16N2O. The molecule has 1 aliphatic carbocycles. The van der Waals surface area contributed by atoms with Crippen molar-refractivity contribution in [1.82, 2.24) is 9.80 Å². The van der Waals surface area contributed by atoms with Crippen LogP contribution in [-0.2, 0) is 4.79 Å². The molecule has 2 fully saturated rings. The van der Waals surface area contributed by atoms with Gasteiger partial charge in [0.1, 0.15) is 0 Å². The lowest BCUT2D eigenvalue weighted by Gasteiger charge is -2.16. The number of nitrogens with zero attached hydrogens (tertiary/aromatic N) is 2. The minimum Gasteiger partial charge on any atom is -0.326 e. The number of hydrogen-bond acceptors (Lipinski definition) is 2. The third kappa shape index (κ3) is 1.46. The van der Waals surface area contributed by atoms with Crippen LogP contribution in [-0.4, -0.2) is 41.5 Å². The summed E-state index contributed by atoms with van der Waals surface area (Å²) in [7, 11) is 0. The van der Waals surface area contributed by atoms with Crippen LogP contribution in [0.25, 0.3) is 0 Å². The second kappa shape index (κ2) is 3.05.